The lowest BCUT2D eigenvalue weighted by atomic mass is 9.68. The topological polar surface area (TPSA) is 118 Å². The lowest BCUT2D eigenvalue weighted by Gasteiger charge is -2.50. The minimum absolute atomic E-state index is 0.128. The van der Waals surface area contributed by atoms with Crippen molar-refractivity contribution in [1.82, 2.24) is 0 Å². The zero-order valence-electron chi connectivity index (χ0n) is 15.5. The largest absolute Gasteiger partial charge is 0.417 e. The zero-order valence-corrected chi connectivity index (χ0v) is 18.1. The van der Waals surface area contributed by atoms with E-state index in [2.05, 4.69) is 0 Å². The molecule has 0 bridgehead atoms. The number of hydrogen-bond donors (Lipinski definition) is 1. The van der Waals surface area contributed by atoms with Gasteiger partial charge in [-0.05, 0) is 12.8 Å². The molecule has 0 radical (unpaired) electrons. The molecule has 2 heterocycles. The molecule has 0 saturated carbocycles. The van der Waals surface area contributed by atoms with Gasteiger partial charge in [0.25, 0.3) is 0 Å². The molecule has 2 aliphatic rings. The Morgan fingerprint density at radius 2 is 1.46 bits per heavy atom. The van der Waals surface area contributed by atoms with Crippen LogP contribution in [-0.2, 0) is 36.8 Å². The van der Waals surface area contributed by atoms with E-state index in [1.807, 2.05) is 0 Å². The molecule has 2 fully saturated rings. The highest BCUT2D eigenvalue weighted by Gasteiger charge is 2.68. The third-order valence-corrected chi connectivity index (χ3v) is 9.14. The molecule has 0 aromatic heterocycles. The summed E-state index contributed by atoms with van der Waals surface area (Å²) in [5.41, 5.74) is -4.47. The summed E-state index contributed by atoms with van der Waals surface area (Å²) in [7, 11) is -6.22. The lowest BCUT2D eigenvalue weighted by Crippen LogP contribution is -2.60. The van der Waals surface area contributed by atoms with Gasteiger partial charge in [0.15, 0.2) is 0 Å². The van der Waals surface area contributed by atoms with E-state index < -0.39 is 52.8 Å². The van der Waals surface area contributed by atoms with Gasteiger partial charge >= 0.3 is 19.5 Å². The van der Waals surface area contributed by atoms with Crippen LogP contribution in [0.5, 0.6) is 0 Å². The average molecular weight is 430 g/mol. The van der Waals surface area contributed by atoms with E-state index >= 15 is 0 Å². The molecule has 2 saturated heterocycles. The van der Waals surface area contributed by atoms with E-state index in [1.165, 1.54) is 0 Å². The van der Waals surface area contributed by atoms with Crippen molar-refractivity contribution in [2.24, 2.45) is 10.8 Å². The van der Waals surface area contributed by atoms with Crippen molar-refractivity contribution in [3.8, 4) is 0 Å². The molecule has 2 aliphatic heterocycles. The van der Waals surface area contributed by atoms with Gasteiger partial charge < -0.3 is 27.5 Å². The molecule has 0 amide bonds. The average Bonchev–Trinajstić information content (AvgIpc) is 2.59. The van der Waals surface area contributed by atoms with Gasteiger partial charge in [-0.1, -0.05) is 13.8 Å². The van der Waals surface area contributed by atoms with E-state index in [-0.39, 0.29) is 26.1 Å². The third kappa shape index (κ3) is 3.60. The van der Waals surface area contributed by atoms with Gasteiger partial charge in [0.2, 0.25) is 16.8 Å². The van der Waals surface area contributed by atoms with Crippen molar-refractivity contribution in [2.75, 3.05) is 33.7 Å². The predicted octanol–water partition coefficient (Wildman–Crippen LogP) is 3.01. The number of hydrogen-bond acceptors (Lipinski definition) is 8. The fourth-order valence-electron chi connectivity index (χ4n) is 3.52. The molecule has 0 aromatic carbocycles. The zero-order chi connectivity index (χ0) is 19.8. The van der Waals surface area contributed by atoms with Gasteiger partial charge in [0.1, 0.15) is 10.8 Å². The molecule has 12 heteroatoms. The quantitative estimate of drug-likeness (QED) is 0.635. The minimum Gasteiger partial charge on any atom is -0.417 e. The van der Waals surface area contributed by atoms with E-state index in [1.54, 1.807) is 27.2 Å². The van der Waals surface area contributed by atoms with Crippen LogP contribution in [0.1, 0.15) is 26.7 Å². The summed E-state index contributed by atoms with van der Waals surface area (Å²) in [4.78, 5) is 36.4. The van der Waals surface area contributed by atoms with Crippen molar-refractivity contribution in [1.29, 1.82) is 0 Å². The highest BCUT2D eigenvalue weighted by Crippen LogP contribution is 2.66. The van der Waals surface area contributed by atoms with Crippen molar-refractivity contribution >= 4 is 36.3 Å². The molecule has 150 valence electrons. The van der Waals surface area contributed by atoms with Crippen LogP contribution < -0.4 is 0 Å². The van der Waals surface area contributed by atoms with Crippen molar-refractivity contribution in [3.05, 3.63) is 0 Å². The van der Waals surface area contributed by atoms with Crippen molar-refractivity contribution in [2.45, 2.75) is 32.3 Å². The first kappa shape index (κ1) is 22.2. The van der Waals surface area contributed by atoms with Crippen LogP contribution in [0, 0.1) is 10.8 Å². The first-order valence-electron chi connectivity index (χ1n) is 8.16. The number of carbonyl (C=O) groups excluding carboxylic acids is 2. The van der Waals surface area contributed by atoms with Crippen LogP contribution in [0.3, 0.4) is 0 Å². The smallest absolute Gasteiger partial charge is 0.333 e. The summed E-state index contributed by atoms with van der Waals surface area (Å²) in [6.45, 7) is 6.32. The fourth-order valence-corrected chi connectivity index (χ4v) is 7.46. The van der Waals surface area contributed by atoms with E-state index in [0.717, 1.165) is 7.11 Å². The standard InChI is InChI=1S/C14H25O9P3/c1-6-13(8-20-24(4)22-11(13)15)10(26(17,18)19-3)14(7-2)9-21-25(5)23-12(14)16/h10H,6-9H2,1-5H3,(H,17,18). The Kier molecular flexibility index (Phi) is 6.89. The minimum atomic E-state index is -4.45. The van der Waals surface area contributed by atoms with Crippen LogP contribution >= 0.6 is 24.3 Å². The molecule has 1 N–H and O–H groups in total. The molecule has 9 nitrogen and oxygen atoms in total. The summed E-state index contributed by atoms with van der Waals surface area (Å²) in [5.74, 6) is -1.33. The van der Waals surface area contributed by atoms with Crippen molar-refractivity contribution < 1.29 is 41.7 Å². The Morgan fingerprint density at radius 1 is 1.08 bits per heavy atom. The lowest BCUT2D eigenvalue weighted by molar-refractivity contribution is -0.165. The molecular formula is C14H25O9P3. The Bertz CT molecular complexity index is 574. The van der Waals surface area contributed by atoms with Crippen LogP contribution in [0.4, 0.5) is 0 Å². The number of rotatable bonds is 6. The molecule has 5 atom stereocenters. The second-order valence-corrected chi connectivity index (χ2v) is 11.0. The normalized spacial score (nSPS) is 38.8. The van der Waals surface area contributed by atoms with Gasteiger partial charge in [-0.15, -0.1) is 0 Å². The molecule has 2 rings (SSSR count). The molecule has 0 aliphatic carbocycles. The summed E-state index contributed by atoms with van der Waals surface area (Å²) < 4.78 is 39.7. The van der Waals surface area contributed by atoms with E-state index in [0.29, 0.717) is 0 Å². The maximum atomic E-state index is 13.1. The van der Waals surface area contributed by atoms with Crippen LogP contribution in [0.2, 0.25) is 0 Å². The highest BCUT2D eigenvalue weighted by atomic mass is 31.2. The fraction of sp³-hybridized carbons (Fsp3) is 0.857. The van der Waals surface area contributed by atoms with E-state index in [9.17, 15) is 19.0 Å². The maximum Gasteiger partial charge on any atom is 0.333 e. The third-order valence-electron chi connectivity index (χ3n) is 5.14. The maximum absolute atomic E-state index is 13.1. The van der Waals surface area contributed by atoms with Crippen molar-refractivity contribution in [3.63, 3.8) is 0 Å². The Labute approximate surface area is 155 Å². The van der Waals surface area contributed by atoms with Gasteiger partial charge in [-0.25, -0.2) is 0 Å². The van der Waals surface area contributed by atoms with Gasteiger partial charge in [0, 0.05) is 20.4 Å². The summed E-state index contributed by atoms with van der Waals surface area (Å²) >= 11 is 0. The molecule has 0 aromatic rings. The summed E-state index contributed by atoms with van der Waals surface area (Å²) in [6.07, 6.45) is 0.257. The SMILES string of the molecule is CCC1(C(C2(CC)COP(C)OC2=O)P(=O)(O)OC)COP(C)OC1=O. The molecular weight excluding hydrogens is 405 g/mol. The highest BCUT2D eigenvalue weighted by molar-refractivity contribution is 7.54. The second-order valence-electron chi connectivity index (χ2n) is 6.35. The molecule has 26 heavy (non-hydrogen) atoms. The molecule has 0 spiro atoms. The Hall–Kier alpha value is -0.130. The molecule has 5 unspecified atom stereocenters. The van der Waals surface area contributed by atoms with Gasteiger partial charge in [-0.3, -0.25) is 14.2 Å². The van der Waals surface area contributed by atoms with Crippen LogP contribution in [0.15, 0.2) is 0 Å². The van der Waals surface area contributed by atoms with Gasteiger partial charge in [-0.2, -0.15) is 0 Å². The first-order chi connectivity index (χ1) is 12.1. The monoisotopic (exact) mass is 430 g/mol. The Morgan fingerprint density at radius 3 is 1.73 bits per heavy atom. The summed E-state index contributed by atoms with van der Waals surface area (Å²) in [5, 5.41) is 0. The Balaban J connectivity index is 2.65. The van der Waals surface area contributed by atoms with Crippen LogP contribution in [-0.4, -0.2) is 56.1 Å². The summed E-state index contributed by atoms with van der Waals surface area (Å²) in [6, 6.07) is 0. The second kappa shape index (κ2) is 8.08. The first-order valence-corrected chi connectivity index (χ1v) is 13.1. The van der Waals surface area contributed by atoms with E-state index in [4.69, 9.17) is 22.6 Å². The van der Waals surface area contributed by atoms with Gasteiger partial charge in [0.05, 0.1) is 18.9 Å². The van der Waals surface area contributed by atoms with Crippen LogP contribution in [0.25, 0.3) is 0 Å². The predicted molar refractivity (Wildman–Crippen MR) is 95.8 cm³/mol. The number of carbonyl (C=O) groups is 2.